The van der Waals surface area contributed by atoms with Gasteiger partial charge in [0, 0.05) is 0 Å². The molecule has 0 aliphatic rings. The fraction of sp³-hybridized carbons (Fsp3) is 0.833. The Labute approximate surface area is 116 Å². The zero-order chi connectivity index (χ0) is 13.5. The monoisotopic (exact) mass is 251 g/mol. The van der Waals surface area contributed by atoms with E-state index in [2.05, 4.69) is 20.4 Å². The Morgan fingerprint density at radius 2 is 1.11 bits per heavy atom. The van der Waals surface area contributed by atoms with E-state index in [0.29, 0.717) is 0 Å². The van der Waals surface area contributed by atoms with E-state index in [4.69, 9.17) is 0 Å². The third-order valence-corrected chi connectivity index (χ3v) is 3.66. The first-order valence-corrected chi connectivity index (χ1v) is 8.27. The Kier molecular flexibility index (Phi) is 14.6. The minimum absolute atomic E-state index is 1.09. The van der Waals surface area contributed by atoms with Crippen LogP contribution in [0.4, 0.5) is 0 Å². The Morgan fingerprint density at radius 1 is 0.667 bits per heavy atom. The van der Waals surface area contributed by atoms with E-state index in [9.17, 15) is 0 Å². The third-order valence-electron chi connectivity index (χ3n) is 3.66. The van der Waals surface area contributed by atoms with Crippen molar-refractivity contribution in [1.82, 2.24) is 0 Å². The van der Waals surface area contributed by atoms with Gasteiger partial charge in [0.1, 0.15) is 0 Å². The molecule has 0 rings (SSSR count). The molecule has 0 aromatic rings. The second-order valence-electron chi connectivity index (χ2n) is 5.64. The maximum atomic E-state index is 4.20. The van der Waals surface area contributed by atoms with Crippen LogP contribution >= 0.6 is 0 Å². The first kappa shape index (κ1) is 17.7. The lowest BCUT2D eigenvalue weighted by Gasteiger charge is -2.05. The molecule has 0 bridgehead atoms. The molecule has 18 heavy (non-hydrogen) atoms. The molecule has 0 fully saturated rings. The van der Waals surface area contributed by atoms with Gasteiger partial charge in [-0.1, -0.05) is 90.2 Å². The predicted octanol–water partition coefficient (Wildman–Crippen LogP) is 6.86. The second kappa shape index (κ2) is 14.8. The standard InChI is InChI=1S/C18H35/c1-4-6-8-10-11-12-13-15-17-18(3)16-14-9-7-5-2/h2-17H2,1H3. The number of hydrogen-bond acceptors (Lipinski definition) is 0. The van der Waals surface area contributed by atoms with Crippen molar-refractivity contribution in [3.05, 3.63) is 19.1 Å². The Morgan fingerprint density at radius 3 is 1.61 bits per heavy atom. The Balaban J connectivity index is 3.10. The fourth-order valence-corrected chi connectivity index (χ4v) is 2.36. The highest BCUT2D eigenvalue weighted by molar-refractivity contribution is 4.93. The normalized spacial score (nSPS) is 10.8. The largest absolute Gasteiger partial charge is 0.0999 e. The minimum atomic E-state index is 1.09. The molecule has 0 heterocycles. The van der Waals surface area contributed by atoms with Crippen molar-refractivity contribution < 1.29 is 0 Å². The summed E-state index contributed by atoms with van der Waals surface area (Å²) in [6.07, 6.45) is 18.8. The average molecular weight is 251 g/mol. The number of rotatable bonds is 14. The summed E-state index contributed by atoms with van der Waals surface area (Å²) in [6, 6.07) is 0. The maximum absolute atomic E-state index is 4.20. The van der Waals surface area contributed by atoms with Crippen molar-refractivity contribution in [3.63, 3.8) is 0 Å². The second-order valence-corrected chi connectivity index (χ2v) is 5.64. The Bertz CT molecular complexity index is 169. The van der Waals surface area contributed by atoms with Gasteiger partial charge in [-0.2, -0.15) is 0 Å². The van der Waals surface area contributed by atoms with E-state index in [1.165, 1.54) is 89.0 Å². The molecule has 0 N–H and O–H groups in total. The van der Waals surface area contributed by atoms with Gasteiger partial charge in [0.15, 0.2) is 0 Å². The molecule has 0 aliphatic carbocycles. The van der Waals surface area contributed by atoms with E-state index in [-0.39, 0.29) is 0 Å². The number of unbranched alkanes of at least 4 members (excludes halogenated alkanes) is 10. The van der Waals surface area contributed by atoms with E-state index >= 15 is 0 Å². The van der Waals surface area contributed by atoms with Crippen LogP contribution in [0.15, 0.2) is 12.2 Å². The minimum Gasteiger partial charge on any atom is -0.0999 e. The summed E-state index contributed by atoms with van der Waals surface area (Å²) in [5, 5.41) is 0. The summed E-state index contributed by atoms with van der Waals surface area (Å²) < 4.78 is 0. The molecule has 0 heteroatoms. The van der Waals surface area contributed by atoms with Crippen molar-refractivity contribution in [2.75, 3.05) is 0 Å². The van der Waals surface area contributed by atoms with Gasteiger partial charge in [-0.05, 0) is 25.7 Å². The quantitative estimate of drug-likeness (QED) is 0.234. The van der Waals surface area contributed by atoms with Crippen LogP contribution in [-0.2, 0) is 0 Å². The van der Waals surface area contributed by atoms with Gasteiger partial charge in [-0.3, -0.25) is 0 Å². The molecule has 0 aromatic heterocycles. The van der Waals surface area contributed by atoms with Gasteiger partial charge >= 0.3 is 0 Å². The molecule has 107 valence electrons. The molecule has 0 nitrogen and oxygen atoms in total. The molecular formula is C18H35. The van der Waals surface area contributed by atoms with Gasteiger partial charge in [-0.15, -0.1) is 0 Å². The lowest BCUT2D eigenvalue weighted by atomic mass is 10.0. The maximum Gasteiger partial charge on any atom is -0.0323 e. The summed E-state index contributed by atoms with van der Waals surface area (Å²) in [6.45, 7) is 10.4. The molecule has 0 unspecified atom stereocenters. The van der Waals surface area contributed by atoms with Crippen LogP contribution < -0.4 is 0 Å². The summed E-state index contributed by atoms with van der Waals surface area (Å²) in [4.78, 5) is 0. The average Bonchev–Trinajstić information content (AvgIpc) is 2.38. The fourth-order valence-electron chi connectivity index (χ4n) is 2.36. The van der Waals surface area contributed by atoms with Crippen LogP contribution in [0, 0.1) is 6.92 Å². The molecule has 0 aliphatic heterocycles. The van der Waals surface area contributed by atoms with Crippen molar-refractivity contribution in [2.45, 2.75) is 96.8 Å². The van der Waals surface area contributed by atoms with Crippen LogP contribution in [0.1, 0.15) is 96.8 Å². The first-order valence-electron chi connectivity index (χ1n) is 8.27. The van der Waals surface area contributed by atoms with Gasteiger partial charge in [0.2, 0.25) is 0 Å². The van der Waals surface area contributed by atoms with Crippen molar-refractivity contribution in [1.29, 1.82) is 0 Å². The first-order chi connectivity index (χ1) is 8.81. The Hall–Kier alpha value is -0.260. The van der Waals surface area contributed by atoms with Crippen LogP contribution in [0.25, 0.3) is 0 Å². The van der Waals surface area contributed by atoms with Crippen LogP contribution in [0.5, 0.6) is 0 Å². The third kappa shape index (κ3) is 13.8. The van der Waals surface area contributed by atoms with Gasteiger partial charge in [-0.25, -0.2) is 0 Å². The lowest BCUT2D eigenvalue weighted by molar-refractivity contribution is 0.570. The lowest BCUT2D eigenvalue weighted by Crippen LogP contribution is -1.86. The van der Waals surface area contributed by atoms with Gasteiger partial charge < -0.3 is 0 Å². The van der Waals surface area contributed by atoms with Crippen LogP contribution in [-0.4, -0.2) is 0 Å². The summed E-state index contributed by atoms with van der Waals surface area (Å²) in [5.41, 5.74) is 1.48. The zero-order valence-corrected chi connectivity index (χ0v) is 12.8. The van der Waals surface area contributed by atoms with Crippen molar-refractivity contribution >= 4 is 0 Å². The molecule has 0 atom stereocenters. The SMILES string of the molecule is [CH2]CCCCCC(=C)CCCCCCCCCC. The topological polar surface area (TPSA) is 0 Å². The smallest absolute Gasteiger partial charge is 0.0323 e. The highest BCUT2D eigenvalue weighted by Gasteiger charge is 1.96. The summed E-state index contributed by atoms with van der Waals surface area (Å²) in [7, 11) is 0. The molecule has 0 saturated heterocycles. The van der Waals surface area contributed by atoms with Crippen LogP contribution in [0.3, 0.4) is 0 Å². The molecule has 0 aromatic carbocycles. The molecule has 0 amide bonds. The van der Waals surface area contributed by atoms with E-state index in [1.807, 2.05) is 0 Å². The van der Waals surface area contributed by atoms with Crippen molar-refractivity contribution in [3.8, 4) is 0 Å². The van der Waals surface area contributed by atoms with Crippen LogP contribution in [0.2, 0.25) is 0 Å². The van der Waals surface area contributed by atoms with E-state index < -0.39 is 0 Å². The van der Waals surface area contributed by atoms with Crippen molar-refractivity contribution in [2.24, 2.45) is 0 Å². The highest BCUT2D eigenvalue weighted by Crippen LogP contribution is 2.16. The van der Waals surface area contributed by atoms with E-state index in [0.717, 1.165) is 6.42 Å². The van der Waals surface area contributed by atoms with E-state index in [1.54, 1.807) is 0 Å². The molecule has 1 radical (unpaired) electrons. The highest BCUT2D eigenvalue weighted by atomic mass is 14.0. The molecule has 0 saturated carbocycles. The number of allylic oxidation sites excluding steroid dienone is 1. The predicted molar refractivity (Wildman–Crippen MR) is 84.8 cm³/mol. The number of hydrogen-bond donors (Lipinski definition) is 0. The van der Waals surface area contributed by atoms with Gasteiger partial charge in [0.25, 0.3) is 0 Å². The molecular weight excluding hydrogens is 216 g/mol. The summed E-state index contributed by atoms with van der Waals surface area (Å²) >= 11 is 0. The van der Waals surface area contributed by atoms with Gasteiger partial charge in [0.05, 0.1) is 0 Å². The molecule has 0 spiro atoms. The summed E-state index contributed by atoms with van der Waals surface area (Å²) in [5.74, 6) is 0. The zero-order valence-electron chi connectivity index (χ0n) is 12.8.